The summed E-state index contributed by atoms with van der Waals surface area (Å²) in [4.78, 5) is 0. The maximum absolute atomic E-state index is 8.52. The lowest BCUT2D eigenvalue weighted by Gasteiger charge is -1.95. The summed E-state index contributed by atoms with van der Waals surface area (Å²) in [6.45, 7) is 0.243. The fourth-order valence-corrected chi connectivity index (χ4v) is 2.34. The third kappa shape index (κ3) is 2.08. The molecule has 1 nitrogen and oxygen atoms in total. The first-order chi connectivity index (χ1) is 4.33. The van der Waals surface area contributed by atoms with Crippen molar-refractivity contribution in [3.05, 3.63) is 22.5 Å². The van der Waals surface area contributed by atoms with Crippen LogP contribution in [0.25, 0.3) is 0 Å². The Hall–Kier alpha value is 0.140. The predicted molar refractivity (Wildman–Crippen MR) is 46.9 cm³/mol. The van der Waals surface area contributed by atoms with Crippen molar-refractivity contribution in [2.45, 2.75) is 6.42 Å². The van der Waals surface area contributed by atoms with E-state index in [4.69, 9.17) is 5.11 Å². The van der Waals surface area contributed by atoms with Crippen LogP contribution in [0.5, 0.6) is 0 Å². The molecular weight excluding hydrogens is 152 g/mol. The Bertz CT molecular complexity index is 151. The number of hydrogen-bond donors (Lipinski definition) is 3. The molecule has 0 spiro atoms. The number of rotatable bonds is 2. The molecule has 9 heavy (non-hydrogen) atoms. The Morgan fingerprint density at radius 3 is 2.89 bits per heavy atom. The Labute approximate surface area is 62.6 Å². The largest absolute Gasteiger partial charge is 0.396 e. The molecule has 0 aromatic rings. The van der Waals surface area contributed by atoms with Gasteiger partial charge in [-0.1, -0.05) is 6.08 Å². The fourth-order valence-electron chi connectivity index (χ4n) is 0.705. The van der Waals surface area contributed by atoms with Crippen molar-refractivity contribution >= 4 is 21.6 Å². The molecule has 1 N–H and O–H groups in total. The molecule has 1 heterocycles. The van der Waals surface area contributed by atoms with Gasteiger partial charge in [-0.2, -0.15) is 9.93 Å². The molecule has 0 saturated heterocycles. The summed E-state index contributed by atoms with van der Waals surface area (Å²) >= 11 is 4.26. The van der Waals surface area contributed by atoms with Crippen LogP contribution in [0.3, 0.4) is 0 Å². The highest BCUT2D eigenvalue weighted by Gasteiger charge is 1.99. The maximum atomic E-state index is 8.52. The van der Waals surface area contributed by atoms with Gasteiger partial charge in [-0.3, -0.25) is 0 Å². The second kappa shape index (κ2) is 3.34. The summed E-state index contributed by atoms with van der Waals surface area (Å²) < 4.78 is 0. The van der Waals surface area contributed by atoms with Crippen molar-refractivity contribution in [3.8, 4) is 0 Å². The maximum Gasteiger partial charge on any atom is 0.0471 e. The first kappa shape index (κ1) is 7.25. The van der Waals surface area contributed by atoms with Gasteiger partial charge in [0, 0.05) is 6.61 Å². The highest BCUT2D eigenvalue weighted by Crippen LogP contribution is 2.40. The van der Waals surface area contributed by atoms with Gasteiger partial charge in [-0.25, -0.2) is 0 Å². The van der Waals surface area contributed by atoms with E-state index in [0.29, 0.717) is 0 Å². The summed E-state index contributed by atoms with van der Waals surface area (Å²) in [5.74, 6) is 0. The minimum atomic E-state index is -0.275. The van der Waals surface area contributed by atoms with Gasteiger partial charge in [0.1, 0.15) is 0 Å². The van der Waals surface area contributed by atoms with E-state index < -0.39 is 0 Å². The highest BCUT2D eigenvalue weighted by atomic mass is 33.1. The Morgan fingerprint density at radius 2 is 2.44 bits per heavy atom. The van der Waals surface area contributed by atoms with Gasteiger partial charge >= 0.3 is 0 Å². The molecule has 0 bridgehead atoms. The van der Waals surface area contributed by atoms with E-state index in [0.717, 1.165) is 6.42 Å². The molecule has 1 aliphatic heterocycles. The molecule has 52 valence electrons. The zero-order valence-electron chi connectivity index (χ0n) is 4.99. The Kier molecular flexibility index (Phi) is 2.69. The highest BCUT2D eigenvalue weighted by molar-refractivity contribution is 8.80. The average molecular weight is 162 g/mol. The molecule has 1 rings (SSSR count). The Morgan fingerprint density at radius 1 is 1.67 bits per heavy atom. The second-order valence-corrected chi connectivity index (χ2v) is 4.58. The Balaban J connectivity index is 2.44. The predicted octanol–water partition coefficient (Wildman–Crippen LogP) is 1.63. The van der Waals surface area contributed by atoms with Crippen LogP contribution in [0, 0.1) is 0 Å². The van der Waals surface area contributed by atoms with Crippen LogP contribution in [0.1, 0.15) is 6.42 Å². The van der Waals surface area contributed by atoms with Gasteiger partial charge in [0.25, 0.3) is 0 Å². The van der Waals surface area contributed by atoms with E-state index in [9.17, 15) is 0 Å². The quantitative estimate of drug-likeness (QED) is 0.416. The summed E-state index contributed by atoms with van der Waals surface area (Å²) in [6, 6.07) is 0. The van der Waals surface area contributed by atoms with Crippen LogP contribution in [0.4, 0.5) is 0 Å². The summed E-state index contributed by atoms with van der Waals surface area (Å²) in [5, 5.41) is 12.7. The normalized spacial score (nSPS) is 28.7. The molecule has 1 aliphatic rings. The van der Waals surface area contributed by atoms with Crippen molar-refractivity contribution in [1.82, 2.24) is 0 Å². The SMILES string of the molecule is OCCC1=C[SH](S)C=C1. The molecule has 3 heteroatoms. The van der Waals surface area contributed by atoms with Gasteiger partial charge in [0.05, 0.1) is 0 Å². The number of allylic oxidation sites excluding steroid dienone is 1. The first-order valence-electron chi connectivity index (χ1n) is 2.80. The third-order valence-electron chi connectivity index (χ3n) is 1.14. The molecule has 0 saturated carbocycles. The zero-order chi connectivity index (χ0) is 6.69. The van der Waals surface area contributed by atoms with Crippen LogP contribution in [0.15, 0.2) is 22.5 Å². The standard InChI is InChI=1S/C6H10OS2/c7-3-1-6-2-4-9(8)5-6/h2,4-5,7-9H,1,3H2. The number of aliphatic hydroxyl groups excluding tert-OH is 1. The lowest BCUT2D eigenvalue weighted by atomic mass is 10.2. The summed E-state index contributed by atoms with van der Waals surface area (Å²) in [7, 11) is -0.275. The molecule has 1 atom stereocenters. The average Bonchev–Trinajstić information content (AvgIpc) is 2.17. The monoisotopic (exact) mass is 162 g/mol. The van der Waals surface area contributed by atoms with Gasteiger partial charge in [0.2, 0.25) is 0 Å². The lowest BCUT2D eigenvalue weighted by molar-refractivity contribution is 0.300. The van der Waals surface area contributed by atoms with Crippen molar-refractivity contribution in [2.24, 2.45) is 0 Å². The van der Waals surface area contributed by atoms with Crippen LogP contribution in [0.2, 0.25) is 0 Å². The smallest absolute Gasteiger partial charge is 0.0471 e. The third-order valence-corrected chi connectivity index (χ3v) is 2.94. The van der Waals surface area contributed by atoms with Gasteiger partial charge in [0.15, 0.2) is 0 Å². The van der Waals surface area contributed by atoms with E-state index in [-0.39, 0.29) is 16.5 Å². The molecular formula is C6H10OS2. The van der Waals surface area contributed by atoms with Crippen LogP contribution in [-0.4, -0.2) is 11.7 Å². The van der Waals surface area contributed by atoms with Gasteiger partial charge < -0.3 is 5.11 Å². The molecule has 1 unspecified atom stereocenters. The van der Waals surface area contributed by atoms with Crippen LogP contribution >= 0.6 is 21.6 Å². The lowest BCUT2D eigenvalue weighted by Crippen LogP contribution is -1.81. The number of hydrogen-bond acceptors (Lipinski definition) is 2. The van der Waals surface area contributed by atoms with Crippen LogP contribution < -0.4 is 0 Å². The van der Waals surface area contributed by atoms with E-state index in [1.807, 2.05) is 6.08 Å². The van der Waals surface area contributed by atoms with Crippen molar-refractivity contribution in [3.63, 3.8) is 0 Å². The summed E-state index contributed by atoms with van der Waals surface area (Å²) in [6.07, 6.45) is 2.81. The number of thiol groups is 2. The summed E-state index contributed by atoms with van der Waals surface area (Å²) in [5.41, 5.74) is 1.22. The molecule has 0 amide bonds. The minimum absolute atomic E-state index is 0.243. The zero-order valence-corrected chi connectivity index (χ0v) is 6.78. The molecule has 0 radical (unpaired) electrons. The molecule has 0 fully saturated rings. The van der Waals surface area contributed by atoms with Crippen molar-refractivity contribution < 1.29 is 5.11 Å². The van der Waals surface area contributed by atoms with Gasteiger partial charge in [-0.05, 0) is 22.8 Å². The van der Waals surface area contributed by atoms with E-state index in [1.54, 1.807) is 0 Å². The van der Waals surface area contributed by atoms with Gasteiger partial charge in [-0.15, -0.1) is 11.7 Å². The number of aliphatic hydroxyl groups is 1. The van der Waals surface area contributed by atoms with E-state index >= 15 is 0 Å². The fraction of sp³-hybridized carbons (Fsp3) is 0.333. The minimum Gasteiger partial charge on any atom is -0.396 e. The molecule has 0 aromatic heterocycles. The molecule has 0 aliphatic carbocycles. The van der Waals surface area contributed by atoms with Crippen molar-refractivity contribution in [2.75, 3.05) is 6.61 Å². The van der Waals surface area contributed by atoms with Crippen molar-refractivity contribution in [1.29, 1.82) is 0 Å². The van der Waals surface area contributed by atoms with Crippen LogP contribution in [-0.2, 0) is 0 Å². The van der Waals surface area contributed by atoms with E-state index in [2.05, 4.69) is 22.5 Å². The topological polar surface area (TPSA) is 20.2 Å². The second-order valence-electron chi connectivity index (χ2n) is 1.87. The molecule has 0 aromatic carbocycles. The van der Waals surface area contributed by atoms with E-state index in [1.165, 1.54) is 5.57 Å². The first-order valence-corrected chi connectivity index (χ1v) is 5.43.